The highest BCUT2D eigenvalue weighted by molar-refractivity contribution is 6.06. The van der Waals surface area contributed by atoms with Crippen molar-refractivity contribution in [3.05, 3.63) is 120 Å². The topological polar surface area (TPSA) is 37.2 Å². The molecule has 0 bridgehead atoms. The van der Waals surface area contributed by atoms with Crippen LogP contribution in [0, 0.1) is 13.8 Å². The summed E-state index contributed by atoms with van der Waals surface area (Å²) in [6.45, 7) is 6.11. The lowest BCUT2D eigenvalue weighted by atomic mass is 9.97. The summed E-state index contributed by atoms with van der Waals surface area (Å²) in [4.78, 5) is 0. The molecule has 3 heteroatoms. The van der Waals surface area contributed by atoms with Gasteiger partial charge >= 0.3 is 0 Å². The van der Waals surface area contributed by atoms with Crippen LogP contribution in [0.1, 0.15) is 16.7 Å². The van der Waals surface area contributed by atoms with E-state index in [2.05, 4.69) is 109 Å². The fourth-order valence-electron chi connectivity index (χ4n) is 5.11. The van der Waals surface area contributed by atoms with Gasteiger partial charge in [-0.25, -0.2) is 0 Å². The molecule has 0 saturated carbocycles. The molecule has 5 aromatic rings. The van der Waals surface area contributed by atoms with E-state index in [1.54, 1.807) is 0 Å². The first-order valence-corrected chi connectivity index (χ1v) is 12.3. The Bertz CT molecular complexity index is 1410. The maximum absolute atomic E-state index is 11.2. The van der Waals surface area contributed by atoms with Crippen LogP contribution in [0.4, 0.5) is 0 Å². The second-order valence-electron chi connectivity index (χ2n) is 9.31. The predicted octanol–water partition coefficient (Wildman–Crippen LogP) is 6.74. The zero-order chi connectivity index (χ0) is 24.2. The van der Waals surface area contributed by atoms with E-state index in [4.69, 9.17) is 0 Å². The summed E-state index contributed by atoms with van der Waals surface area (Å²) in [5.41, 5.74) is 9.61. The van der Waals surface area contributed by atoms with Crippen molar-refractivity contribution in [2.24, 2.45) is 0 Å². The van der Waals surface area contributed by atoms with Gasteiger partial charge in [-0.05, 0) is 42.2 Å². The number of rotatable bonds is 8. The Morgan fingerprint density at radius 1 is 0.771 bits per heavy atom. The molecule has 0 saturated heterocycles. The summed E-state index contributed by atoms with van der Waals surface area (Å²) < 4.78 is 2.33. The normalized spacial score (nSPS) is 12.2. The molecule has 0 aliphatic rings. The highest BCUT2D eigenvalue weighted by Crippen LogP contribution is 2.42. The van der Waals surface area contributed by atoms with Gasteiger partial charge in [-0.2, -0.15) is 0 Å². The first-order valence-electron chi connectivity index (χ1n) is 12.3. The maximum Gasteiger partial charge on any atom is 0.0843 e. The van der Waals surface area contributed by atoms with Gasteiger partial charge in [0.2, 0.25) is 0 Å². The van der Waals surface area contributed by atoms with Crippen molar-refractivity contribution < 1.29 is 5.11 Å². The molecule has 0 fully saturated rings. The minimum Gasteiger partial charge on any atom is -0.390 e. The Morgan fingerprint density at radius 2 is 1.37 bits per heavy atom. The smallest absolute Gasteiger partial charge is 0.0843 e. The number of hydrogen-bond donors (Lipinski definition) is 2. The molecular weight excluding hydrogens is 428 g/mol. The summed E-state index contributed by atoms with van der Waals surface area (Å²) >= 11 is 0. The number of aliphatic hydroxyl groups excluding tert-OH is 1. The lowest BCUT2D eigenvalue weighted by molar-refractivity contribution is 0.153. The molecule has 0 amide bonds. The summed E-state index contributed by atoms with van der Waals surface area (Å²) in [6.07, 6.45) is -0.527. The van der Waals surface area contributed by atoms with Crippen molar-refractivity contribution in [2.75, 3.05) is 6.54 Å². The third-order valence-electron chi connectivity index (χ3n) is 6.55. The highest BCUT2D eigenvalue weighted by atomic mass is 16.3. The molecule has 2 N–H and O–H groups in total. The molecule has 5 rings (SSSR count). The Morgan fingerprint density at radius 3 is 2.03 bits per heavy atom. The summed E-state index contributed by atoms with van der Waals surface area (Å²) in [5, 5.41) is 15.8. The maximum atomic E-state index is 11.2. The lowest BCUT2D eigenvalue weighted by Crippen LogP contribution is -2.30. The largest absolute Gasteiger partial charge is 0.390 e. The number of aryl methyl sites for hydroxylation is 2. The molecular formula is C32H32N2O. The van der Waals surface area contributed by atoms with E-state index in [0.29, 0.717) is 13.1 Å². The van der Waals surface area contributed by atoms with Gasteiger partial charge in [-0.15, -0.1) is 0 Å². The zero-order valence-corrected chi connectivity index (χ0v) is 20.4. The van der Waals surface area contributed by atoms with Crippen LogP contribution < -0.4 is 5.32 Å². The van der Waals surface area contributed by atoms with Crippen molar-refractivity contribution in [3.8, 4) is 22.4 Å². The van der Waals surface area contributed by atoms with E-state index in [-0.39, 0.29) is 0 Å². The van der Waals surface area contributed by atoms with Gasteiger partial charge in [-0.3, -0.25) is 0 Å². The monoisotopic (exact) mass is 460 g/mol. The van der Waals surface area contributed by atoms with Crippen LogP contribution in [-0.2, 0) is 13.1 Å². The van der Waals surface area contributed by atoms with Crippen molar-refractivity contribution in [1.29, 1.82) is 0 Å². The molecule has 0 spiro atoms. The van der Waals surface area contributed by atoms with Gasteiger partial charge in [0.05, 0.1) is 23.9 Å². The van der Waals surface area contributed by atoms with Gasteiger partial charge in [0.1, 0.15) is 0 Å². The summed E-state index contributed by atoms with van der Waals surface area (Å²) in [5.74, 6) is 0. The Kier molecular flexibility index (Phi) is 6.80. The second-order valence-corrected chi connectivity index (χ2v) is 9.31. The van der Waals surface area contributed by atoms with Crippen molar-refractivity contribution >= 4 is 10.9 Å². The molecule has 1 atom stereocenters. The van der Waals surface area contributed by atoms with Gasteiger partial charge < -0.3 is 15.0 Å². The molecule has 1 unspecified atom stereocenters. The van der Waals surface area contributed by atoms with E-state index in [0.717, 1.165) is 17.8 Å². The number of nitrogens with one attached hydrogen (secondary N) is 1. The Balaban J connectivity index is 1.59. The third kappa shape index (κ3) is 4.93. The van der Waals surface area contributed by atoms with Crippen molar-refractivity contribution in [1.82, 2.24) is 9.88 Å². The van der Waals surface area contributed by atoms with E-state index in [9.17, 15) is 5.11 Å². The molecule has 1 heterocycles. The number of aromatic nitrogens is 1. The summed E-state index contributed by atoms with van der Waals surface area (Å²) in [6, 6.07) is 36.0. The molecule has 1 aromatic heterocycles. The van der Waals surface area contributed by atoms with Crippen LogP contribution in [0.3, 0.4) is 0 Å². The second kappa shape index (κ2) is 10.3. The average Bonchev–Trinajstić information content (AvgIpc) is 3.19. The van der Waals surface area contributed by atoms with Crippen LogP contribution in [0.5, 0.6) is 0 Å². The van der Waals surface area contributed by atoms with Crippen LogP contribution in [0.25, 0.3) is 33.3 Å². The Hall–Kier alpha value is -3.66. The third-order valence-corrected chi connectivity index (χ3v) is 6.55. The van der Waals surface area contributed by atoms with E-state index in [1.165, 1.54) is 38.7 Å². The number of aliphatic hydroxyl groups is 1. The molecule has 3 nitrogen and oxygen atoms in total. The van der Waals surface area contributed by atoms with Crippen LogP contribution in [0.15, 0.2) is 103 Å². The number of hydrogen-bond acceptors (Lipinski definition) is 2. The highest BCUT2D eigenvalue weighted by Gasteiger charge is 2.23. The van der Waals surface area contributed by atoms with Crippen LogP contribution in [-0.4, -0.2) is 22.3 Å². The van der Waals surface area contributed by atoms with E-state index in [1.807, 2.05) is 18.2 Å². The zero-order valence-electron chi connectivity index (χ0n) is 20.4. The fourth-order valence-corrected chi connectivity index (χ4v) is 5.11. The standard InChI is InChI=1S/C32H32N2O/c1-23-18-24(2)31-29(19-23)30(26-14-8-4-9-15-26)32(27-16-10-5-11-17-27)34(31)22-28(35)21-33-20-25-12-6-3-7-13-25/h3-19,28,33,35H,20-22H2,1-2H3. The van der Waals surface area contributed by atoms with Crippen LogP contribution >= 0.6 is 0 Å². The van der Waals surface area contributed by atoms with Gasteiger partial charge in [0.25, 0.3) is 0 Å². The first kappa shape index (κ1) is 23.1. The molecule has 4 aromatic carbocycles. The number of nitrogens with zero attached hydrogens (tertiary/aromatic N) is 1. The molecule has 176 valence electrons. The SMILES string of the molecule is Cc1cc(C)c2c(c1)c(-c1ccccc1)c(-c1ccccc1)n2CC(O)CNCc1ccccc1. The Labute approximate surface area is 207 Å². The van der Waals surface area contributed by atoms with Crippen LogP contribution in [0.2, 0.25) is 0 Å². The van der Waals surface area contributed by atoms with E-state index < -0.39 is 6.10 Å². The van der Waals surface area contributed by atoms with Gasteiger partial charge in [-0.1, -0.05) is 103 Å². The molecule has 0 radical (unpaired) electrons. The van der Waals surface area contributed by atoms with Gasteiger partial charge in [0.15, 0.2) is 0 Å². The molecule has 35 heavy (non-hydrogen) atoms. The van der Waals surface area contributed by atoms with Gasteiger partial charge in [0, 0.05) is 24.0 Å². The number of fused-ring (bicyclic) bond motifs is 1. The predicted molar refractivity (Wildman–Crippen MR) is 146 cm³/mol. The van der Waals surface area contributed by atoms with E-state index >= 15 is 0 Å². The fraction of sp³-hybridized carbons (Fsp3) is 0.188. The lowest BCUT2D eigenvalue weighted by Gasteiger charge is -2.18. The van der Waals surface area contributed by atoms with Crippen molar-refractivity contribution in [2.45, 2.75) is 33.0 Å². The molecule has 0 aliphatic carbocycles. The number of benzene rings is 4. The quantitative estimate of drug-likeness (QED) is 0.269. The summed E-state index contributed by atoms with van der Waals surface area (Å²) in [7, 11) is 0. The molecule has 0 aliphatic heterocycles. The van der Waals surface area contributed by atoms with Crippen molar-refractivity contribution in [3.63, 3.8) is 0 Å². The minimum absolute atomic E-state index is 0.513. The minimum atomic E-state index is -0.527. The average molecular weight is 461 g/mol. The first-order chi connectivity index (χ1) is 17.1.